The summed E-state index contributed by atoms with van der Waals surface area (Å²) >= 11 is -3.20. The number of fused-ring (bicyclic) bond motifs is 3. The summed E-state index contributed by atoms with van der Waals surface area (Å²) in [4.78, 5) is 0. The van der Waals surface area contributed by atoms with Gasteiger partial charge in [0.05, 0.1) is 0 Å². The molecule has 0 spiro atoms. The van der Waals surface area contributed by atoms with Crippen LogP contribution in [0.4, 0.5) is 0 Å². The van der Waals surface area contributed by atoms with Crippen molar-refractivity contribution in [2.24, 2.45) is 0 Å². The van der Waals surface area contributed by atoms with Crippen molar-refractivity contribution < 1.29 is 20.0 Å². The molecule has 256 valence electrons. The molecule has 4 aliphatic rings. The number of rotatable bonds is 10. The number of halogens is 2. The number of aryl methyl sites for hydroxylation is 2. The van der Waals surface area contributed by atoms with Crippen LogP contribution in [0.1, 0.15) is 120 Å². The van der Waals surface area contributed by atoms with Crippen LogP contribution in [0, 0.1) is 0 Å². The number of benzene rings is 4. The molecule has 0 aromatic heterocycles. The minimum atomic E-state index is -3.20. The molecule has 1 aliphatic heterocycles. The number of hydrogen-bond donors (Lipinski definition) is 0. The molecule has 4 aromatic carbocycles. The SMILES string of the molecule is CCCC1=Cc2c(-c3ccc(CC)cc3)cccc2[CH]1[Hf]1([CH]2C(CCC)=Cc3c(-c4ccc(CC)cc4)cccc32)[CH]2CCCC[CH]21.Cl.Cl. The van der Waals surface area contributed by atoms with Crippen molar-refractivity contribution in [3.05, 3.63) is 129 Å². The van der Waals surface area contributed by atoms with E-state index in [1.54, 1.807) is 22.3 Å². The minimum Gasteiger partial charge on any atom is -0.147 e. The van der Waals surface area contributed by atoms with Gasteiger partial charge in [0.25, 0.3) is 0 Å². The molecule has 3 heteroatoms. The average molecular weight is 856 g/mol. The van der Waals surface area contributed by atoms with Crippen LogP contribution >= 0.6 is 24.8 Å². The van der Waals surface area contributed by atoms with Gasteiger partial charge in [-0.2, -0.15) is 0 Å². The number of hydrogen-bond acceptors (Lipinski definition) is 0. The summed E-state index contributed by atoms with van der Waals surface area (Å²) in [6.45, 7) is 9.35. The molecule has 0 amide bonds. The van der Waals surface area contributed by atoms with Crippen LogP contribution in [0.2, 0.25) is 7.35 Å². The van der Waals surface area contributed by atoms with Gasteiger partial charge < -0.3 is 0 Å². The Hall–Kier alpha value is -2.19. The van der Waals surface area contributed by atoms with Crippen molar-refractivity contribution in [3.8, 4) is 22.3 Å². The van der Waals surface area contributed by atoms with E-state index in [2.05, 4.69) is 125 Å². The molecular weight excluding hydrogens is 802 g/mol. The summed E-state index contributed by atoms with van der Waals surface area (Å²) in [6, 6.07) is 33.7. The predicted octanol–water partition coefficient (Wildman–Crippen LogP) is 14.5. The van der Waals surface area contributed by atoms with E-state index in [1.807, 2.05) is 11.1 Å². The van der Waals surface area contributed by atoms with E-state index >= 15 is 0 Å². The largest absolute Gasteiger partial charge is 0.147 e. The smallest absolute Gasteiger partial charge is 0.147 e. The van der Waals surface area contributed by atoms with Crippen molar-refractivity contribution in [2.75, 3.05) is 0 Å². The molecule has 0 radical (unpaired) electrons. The Bertz CT molecular complexity index is 1710. The maximum Gasteiger partial charge on any atom is -0.147 e. The average Bonchev–Trinajstić information content (AvgIpc) is 3.38. The van der Waals surface area contributed by atoms with Crippen LogP contribution in [0.25, 0.3) is 34.4 Å². The van der Waals surface area contributed by atoms with Gasteiger partial charge in [-0.1, -0.05) is 0 Å². The predicted molar refractivity (Wildman–Crippen MR) is 214 cm³/mol. The zero-order chi connectivity index (χ0) is 32.1. The summed E-state index contributed by atoms with van der Waals surface area (Å²) in [5, 5.41) is 0. The first-order valence-electron chi connectivity index (χ1n) is 19.0. The molecule has 4 unspecified atom stereocenters. The van der Waals surface area contributed by atoms with Crippen LogP contribution in [-0.4, -0.2) is 0 Å². The summed E-state index contributed by atoms with van der Waals surface area (Å²) in [5.74, 6) is 0. The summed E-state index contributed by atoms with van der Waals surface area (Å²) in [6.07, 6.45) is 18.5. The maximum atomic E-state index is 2.73. The molecule has 4 atom stereocenters. The molecule has 2 fully saturated rings. The van der Waals surface area contributed by atoms with Gasteiger partial charge in [-0.3, -0.25) is 0 Å². The van der Waals surface area contributed by atoms with E-state index < -0.39 is 20.0 Å². The van der Waals surface area contributed by atoms with E-state index in [1.165, 1.54) is 84.7 Å². The van der Waals surface area contributed by atoms with Crippen LogP contribution in [-0.2, 0) is 32.8 Å². The van der Waals surface area contributed by atoms with Gasteiger partial charge in [0, 0.05) is 0 Å². The maximum absolute atomic E-state index is 3.20. The third kappa shape index (κ3) is 6.02. The zero-order valence-electron chi connectivity index (χ0n) is 29.9. The Morgan fingerprint density at radius 2 is 0.939 bits per heavy atom. The van der Waals surface area contributed by atoms with Gasteiger partial charge in [-0.05, 0) is 0 Å². The molecule has 8 rings (SSSR count). The van der Waals surface area contributed by atoms with Gasteiger partial charge in [0.1, 0.15) is 0 Å². The zero-order valence-corrected chi connectivity index (χ0v) is 35.2. The van der Waals surface area contributed by atoms with Crippen molar-refractivity contribution in [3.63, 3.8) is 0 Å². The topological polar surface area (TPSA) is 0 Å². The van der Waals surface area contributed by atoms with E-state index in [9.17, 15) is 0 Å². The Labute approximate surface area is 313 Å². The minimum absolute atomic E-state index is 0. The van der Waals surface area contributed by atoms with Crippen LogP contribution in [0.3, 0.4) is 0 Å². The standard InChI is InChI=1S/2C20H21.C6H10.2ClH.Hf/c2*1-3-6-16-13-18-7-5-8-19(20(18)14-16)17-11-9-15(4-2)10-12-17;1-2-4-6-5-3-1;;;/h2*5,7-14H,3-4,6H2,1-2H3;1-2H,3-6H2;2*1H;. The molecule has 1 saturated carbocycles. The molecule has 3 aliphatic carbocycles. The quantitative estimate of drug-likeness (QED) is 0.139. The van der Waals surface area contributed by atoms with E-state index in [-0.39, 0.29) is 24.8 Å². The molecule has 4 aromatic rings. The molecular formula is C46H54Cl2Hf. The fourth-order valence-corrected chi connectivity index (χ4v) is 46.1. The van der Waals surface area contributed by atoms with Gasteiger partial charge in [-0.15, -0.1) is 24.8 Å². The fourth-order valence-electron chi connectivity index (χ4n) is 10.7. The molecule has 0 nitrogen and oxygen atoms in total. The Balaban J connectivity index is 0.00000208. The van der Waals surface area contributed by atoms with E-state index in [0.29, 0.717) is 0 Å². The molecule has 0 bridgehead atoms. The number of allylic oxidation sites excluding steroid dienone is 2. The first kappa shape index (κ1) is 36.6. The second-order valence-electron chi connectivity index (χ2n) is 15.0. The summed E-state index contributed by atoms with van der Waals surface area (Å²) in [5.41, 5.74) is 18.8. The Morgan fingerprint density at radius 3 is 1.31 bits per heavy atom. The van der Waals surface area contributed by atoms with Crippen molar-refractivity contribution in [1.29, 1.82) is 0 Å². The second kappa shape index (κ2) is 15.2. The van der Waals surface area contributed by atoms with Gasteiger partial charge in [0.2, 0.25) is 0 Å². The van der Waals surface area contributed by atoms with Gasteiger partial charge >= 0.3 is 290 Å². The molecule has 0 N–H and O–H groups in total. The summed E-state index contributed by atoms with van der Waals surface area (Å²) < 4.78 is 3.51. The molecule has 49 heavy (non-hydrogen) atoms. The molecule has 1 saturated heterocycles. The van der Waals surface area contributed by atoms with Crippen LogP contribution in [0.5, 0.6) is 0 Å². The van der Waals surface area contributed by atoms with Crippen molar-refractivity contribution in [2.45, 2.75) is 107 Å². The monoisotopic (exact) mass is 856 g/mol. The van der Waals surface area contributed by atoms with E-state index in [4.69, 9.17) is 0 Å². The van der Waals surface area contributed by atoms with Crippen LogP contribution in [0.15, 0.2) is 96.1 Å². The Kier molecular flexibility index (Phi) is 11.3. The molecule has 1 heterocycles. The van der Waals surface area contributed by atoms with Gasteiger partial charge in [0.15, 0.2) is 0 Å². The second-order valence-corrected chi connectivity index (χ2v) is 31.7. The fraction of sp³-hybridized carbons (Fsp3) is 0.391. The third-order valence-electron chi connectivity index (χ3n) is 12.7. The van der Waals surface area contributed by atoms with Crippen molar-refractivity contribution in [1.82, 2.24) is 0 Å². The first-order valence-corrected chi connectivity index (χ1v) is 27.3. The Morgan fingerprint density at radius 1 is 0.531 bits per heavy atom. The van der Waals surface area contributed by atoms with Crippen LogP contribution < -0.4 is 0 Å². The normalized spacial score (nSPS) is 24.5. The van der Waals surface area contributed by atoms with Crippen molar-refractivity contribution >= 4 is 37.0 Å². The van der Waals surface area contributed by atoms with E-state index in [0.717, 1.165) is 27.5 Å². The first-order chi connectivity index (χ1) is 23.1. The summed E-state index contributed by atoms with van der Waals surface area (Å²) in [7, 11) is 0. The van der Waals surface area contributed by atoms with Gasteiger partial charge in [-0.25, -0.2) is 0 Å². The third-order valence-corrected chi connectivity index (χ3v) is 37.6.